The summed E-state index contributed by atoms with van der Waals surface area (Å²) in [4.78, 5) is 20.4. The Morgan fingerprint density at radius 3 is 2.68 bits per heavy atom. The first-order valence-electron chi connectivity index (χ1n) is 5.64. The molecule has 0 atom stereocenters. The Labute approximate surface area is 123 Å². The summed E-state index contributed by atoms with van der Waals surface area (Å²) >= 11 is 1.44. The van der Waals surface area contributed by atoms with Crippen LogP contribution in [0.4, 0.5) is 5.13 Å². The first kappa shape index (κ1) is 18.1. The highest BCUT2D eigenvalue weighted by Crippen LogP contribution is 2.16. The zero-order valence-corrected chi connectivity index (χ0v) is 13.1. The van der Waals surface area contributed by atoms with Gasteiger partial charge >= 0.3 is 0 Å². The molecular weight excluding hydrogens is 288 g/mol. The van der Waals surface area contributed by atoms with E-state index in [-0.39, 0.29) is 18.3 Å². The largest absolute Gasteiger partial charge is 0.383 e. The van der Waals surface area contributed by atoms with E-state index in [1.807, 2.05) is 4.90 Å². The molecule has 8 heteroatoms. The molecule has 0 radical (unpaired) electrons. The summed E-state index contributed by atoms with van der Waals surface area (Å²) in [6.07, 6.45) is 1.75. The molecular formula is C11H21ClN4O2S. The maximum Gasteiger partial charge on any atom is 0.236 e. The highest BCUT2D eigenvalue weighted by Gasteiger charge is 2.13. The number of rotatable bonds is 7. The molecule has 0 spiro atoms. The van der Waals surface area contributed by atoms with Crippen molar-refractivity contribution in [2.24, 2.45) is 0 Å². The van der Waals surface area contributed by atoms with E-state index in [4.69, 9.17) is 10.5 Å². The van der Waals surface area contributed by atoms with Gasteiger partial charge in [0.15, 0.2) is 5.13 Å². The molecule has 1 heterocycles. The minimum absolute atomic E-state index is 0. The van der Waals surface area contributed by atoms with Crippen molar-refractivity contribution in [3.63, 3.8) is 0 Å². The quantitative estimate of drug-likeness (QED) is 0.802. The molecule has 0 aliphatic rings. The SMILES string of the molecule is COCCN(CC(=O)N(C)C)Cc1cnc(N)s1.Cl. The number of likely N-dealkylation sites (N-methyl/N-ethyl adjacent to an activating group) is 1. The van der Waals surface area contributed by atoms with Crippen LogP contribution in [0.3, 0.4) is 0 Å². The van der Waals surface area contributed by atoms with Crippen LogP contribution in [-0.4, -0.2) is 61.6 Å². The van der Waals surface area contributed by atoms with Crippen molar-refractivity contribution in [3.05, 3.63) is 11.1 Å². The van der Waals surface area contributed by atoms with Gasteiger partial charge in [-0.2, -0.15) is 0 Å². The Kier molecular flexibility index (Phi) is 8.66. The number of hydrogen-bond donors (Lipinski definition) is 1. The predicted molar refractivity (Wildman–Crippen MR) is 79.6 cm³/mol. The Bertz CT molecular complexity index is 387. The number of carbonyl (C=O) groups is 1. The number of carbonyl (C=O) groups excluding carboxylic acids is 1. The van der Waals surface area contributed by atoms with E-state index in [2.05, 4.69) is 4.98 Å². The van der Waals surface area contributed by atoms with E-state index < -0.39 is 0 Å². The van der Waals surface area contributed by atoms with Crippen LogP contribution in [-0.2, 0) is 16.1 Å². The van der Waals surface area contributed by atoms with Crippen LogP contribution in [0.5, 0.6) is 0 Å². The van der Waals surface area contributed by atoms with Crippen molar-refractivity contribution in [2.75, 3.05) is 46.6 Å². The molecule has 1 aromatic rings. The second kappa shape index (κ2) is 9.08. The molecule has 0 aliphatic carbocycles. The summed E-state index contributed by atoms with van der Waals surface area (Å²) in [6.45, 7) is 2.33. The predicted octanol–water partition coefficient (Wildman–Crippen LogP) is 0.684. The number of amides is 1. The van der Waals surface area contributed by atoms with Gasteiger partial charge in [0.05, 0.1) is 13.2 Å². The van der Waals surface area contributed by atoms with E-state index >= 15 is 0 Å². The fourth-order valence-electron chi connectivity index (χ4n) is 1.38. The van der Waals surface area contributed by atoms with E-state index in [9.17, 15) is 4.79 Å². The average Bonchev–Trinajstić information content (AvgIpc) is 2.71. The number of anilines is 1. The van der Waals surface area contributed by atoms with E-state index in [1.54, 1.807) is 32.3 Å². The van der Waals surface area contributed by atoms with Gasteiger partial charge in [-0.15, -0.1) is 23.7 Å². The van der Waals surface area contributed by atoms with E-state index in [0.29, 0.717) is 31.4 Å². The van der Waals surface area contributed by atoms with Crippen LogP contribution in [0.1, 0.15) is 4.88 Å². The van der Waals surface area contributed by atoms with Gasteiger partial charge in [-0.3, -0.25) is 9.69 Å². The number of hydrogen-bond acceptors (Lipinski definition) is 6. The smallest absolute Gasteiger partial charge is 0.236 e. The minimum atomic E-state index is 0. The second-order valence-electron chi connectivity index (χ2n) is 4.16. The molecule has 0 aromatic carbocycles. The molecule has 110 valence electrons. The van der Waals surface area contributed by atoms with E-state index in [0.717, 1.165) is 4.88 Å². The van der Waals surface area contributed by atoms with Gasteiger partial charge in [-0.1, -0.05) is 0 Å². The molecule has 0 saturated carbocycles. The number of thiazole rings is 1. The number of aromatic nitrogens is 1. The Hall–Kier alpha value is -0.890. The molecule has 19 heavy (non-hydrogen) atoms. The number of ether oxygens (including phenoxy) is 1. The van der Waals surface area contributed by atoms with Gasteiger partial charge in [0.1, 0.15) is 0 Å². The number of methoxy groups -OCH3 is 1. The van der Waals surface area contributed by atoms with Gasteiger partial charge in [-0.25, -0.2) is 4.98 Å². The lowest BCUT2D eigenvalue weighted by molar-refractivity contribution is -0.130. The summed E-state index contributed by atoms with van der Waals surface area (Å²) in [5, 5.41) is 0.552. The van der Waals surface area contributed by atoms with Crippen molar-refractivity contribution >= 4 is 34.8 Å². The minimum Gasteiger partial charge on any atom is -0.383 e. The number of nitrogens with two attached hydrogens (primary N) is 1. The highest BCUT2D eigenvalue weighted by molar-refractivity contribution is 7.15. The van der Waals surface area contributed by atoms with Crippen molar-refractivity contribution in [1.29, 1.82) is 0 Å². The van der Waals surface area contributed by atoms with Crippen LogP contribution in [0.15, 0.2) is 6.20 Å². The first-order chi connectivity index (χ1) is 8.52. The Morgan fingerprint density at radius 2 is 2.21 bits per heavy atom. The van der Waals surface area contributed by atoms with Crippen LogP contribution >= 0.6 is 23.7 Å². The van der Waals surface area contributed by atoms with Gasteiger partial charge in [-0.05, 0) is 0 Å². The summed E-state index contributed by atoms with van der Waals surface area (Å²) < 4.78 is 5.05. The monoisotopic (exact) mass is 308 g/mol. The molecule has 0 aliphatic heterocycles. The van der Waals surface area contributed by atoms with E-state index in [1.165, 1.54) is 11.3 Å². The fraction of sp³-hybridized carbons (Fsp3) is 0.636. The Balaban J connectivity index is 0.00000324. The molecule has 6 nitrogen and oxygen atoms in total. The topological polar surface area (TPSA) is 71.7 Å². The number of halogens is 1. The molecule has 1 aromatic heterocycles. The lowest BCUT2D eigenvalue weighted by Crippen LogP contribution is -2.37. The summed E-state index contributed by atoms with van der Waals surface area (Å²) in [5.74, 6) is 0.0728. The normalized spacial score (nSPS) is 10.3. The lowest BCUT2D eigenvalue weighted by atomic mass is 10.4. The van der Waals surface area contributed by atoms with Crippen LogP contribution in [0.25, 0.3) is 0 Å². The van der Waals surface area contributed by atoms with Gasteiger partial charge in [0.25, 0.3) is 0 Å². The maximum atomic E-state index is 11.7. The Morgan fingerprint density at radius 1 is 1.53 bits per heavy atom. The van der Waals surface area contributed by atoms with Crippen molar-refractivity contribution in [3.8, 4) is 0 Å². The molecule has 0 bridgehead atoms. The lowest BCUT2D eigenvalue weighted by Gasteiger charge is -2.22. The maximum absolute atomic E-state index is 11.7. The molecule has 2 N–H and O–H groups in total. The average molecular weight is 309 g/mol. The van der Waals surface area contributed by atoms with Gasteiger partial charge in [0.2, 0.25) is 5.91 Å². The second-order valence-corrected chi connectivity index (χ2v) is 5.30. The van der Waals surface area contributed by atoms with Crippen molar-refractivity contribution < 1.29 is 9.53 Å². The van der Waals surface area contributed by atoms with Gasteiger partial charge < -0.3 is 15.4 Å². The standard InChI is InChI=1S/C11H20N4O2S.ClH/c1-14(2)10(16)8-15(4-5-17-3)7-9-6-13-11(12)18-9;/h6H,4-5,7-8H2,1-3H3,(H2,12,13);1H. The molecule has 1 amide bonds. The third kappa shape index (κ3) is 6.72. The highest BCUT2D eigenvalue weighted by atomic mass is 35.5. The molecule has 0 fully saturated rings. The van der Waals surface area contributed by atoms with Crippen LogP contribution in [0.2, 0.25) is 0 Å². The van der Waals surface area contributed by atoms with Crippen molar-refractivity contribution in [2.45, 2.75) is 6.54 Å². The summed E-state index contributed by atoms with van der Waals surface area (Å²) in [7, 11) is 5.15. The third-order valence-corrected chi connectivity index (χ3v) is 3.23. The molecule has 1 rings (SSSR count). The number of nitrogen functional groups attached to an aromatic ring is 1. The van der Waals surface area contributed by atoms with Crippen molar-refractivity contribution in [1.82, 2.24) is 14.8 Å². The number of nitrogens with zero attached hydrogens (tertiary/aromatic N) is 3. The molecule has 0 saturated heterocycles. The van der Waals surface area contributed by atoms with Gasteiger partial charge in [0, 0.05) is 45.4 Å². The summed E-state index contributed by atoms with van der Waals surface area (Å²) in [6, 6.07) is 0. The summed E-state index contributed by atoms with van der Waals surface area (Å²) in [5.41, 5.74) is 5.59. The van der Waals surface area contributed by atoms with Crippen LogP contribution in [0, 0.1) is 0 Å². The molecule has 0 unspecified atom stereocenters. The fourth-order valence-corrected chi connectivity index (χ4v) is 2.11. The zero-order chi connectivity index (χ0) is 13.5. The first-order valence-corrected chi connectivity index (χ1v) is 6.46. The van der Waals surface area contributed by atoms with Crippen LogP contribution < -0.4 is 5.73 Å². The zero-order valence-electron chi connectivity index (χ0n) is 11.5. The third-order valence-electron chi connectivity index (χ3n) is 2.42.